The molecule has 0 saturated carbocycles. The van der Waals surface area contributed by atoms with Crippen LogP contribution in [0, 0.1) is 34.2 Å². The second-order valence-corrected chi connectivity index (χ2v) is 5.08. The number of benzene rings is 2. The van der Waals surface area contributed by atoms with Gasteiger partial charge in [0.1, 0.15) is 11.8 Å². The molecule has 0 unspecified atom stereocenters. The van der Waals surface area contributed by atoms with Gasteiger partial charge in [0.05, 0.1) is 5.56 Å². The summed E-state index contributed by atoms with van der Waals surface area (Å²) in [5, 5.41) is 19.2. The summed E-state index contributed by atoms with van der Waals surface area (Å²) in [4.78, 5) is 0. The van der Waals surface area contributed by atoms with Crippen molar-refractivity contribution in [2.45, 2.75) is 6.18 Å². The number of anilines is 1. The molecule has 0 bridgehead atoms. The van der Waals surface area contributed by atoms with E-state index in [1.807, 2.05) is 5.43 Å². The Morgan fingerprint density at radius 2 is 1.75 bits per heavy atom. The third kappa shape index (κ3) is 4.50. The Morgan fingerprint density at radius 3 is 2.25 bits per heavy atom. The van der Waals surface area contributed by atoms with Gasteiger partial charge < -0.3 is 10.5 Å². The summed E-state index contributed by atoms with van der Waals surface area (Å²) in [7, 11) is 0. The quantitative estimate of drug-likeness (QED) is 0.303. The summed E-state index contributed by atoms with van der Waals surface area (Å²) >= 11 is 0. The third-order valence-corrected chi connectivity index (χ3v) is 3.15. The van der Waals surface area contributed by atoms with Gasteiger partial charge in [-0.3, -0.25) is 10.8 Å². The molecule has 0 aliphatic heterocycles. The van der Waals surface area contributed by atoms with Gasteiger partial charge >= 0.3 is 6.18 Å². The fourth-order valence-corrected chi connectivity index (χ4v) is 1.89. The molecule has 2 aromatic rings. The zero-order valence-corrected chi connectivity index (χ0v) is 13.5. The lowest BCUT2D eigenvalue weighted by atomic mass is 10.2. The molecule has 2 aromatic carbocycles. The number of nitrogens with two attached hydrogens (primary N) is 1. The summed E-state index contributed by atoms with van der Waals surface area (Å²) < 4.78 is 84.6. The van der Waals surface area contributed by atoms with Crippen LogP contribution < -0.4 is 15.9 Å². The molecule has 0 radical (unpaired) electrons. The van der Waals surface area contributed by atoms with Crippen LogP contribution in [0.25, 0.3) is 0 Å². The number of alkyl halides is 3. The molecule has 0 amide bonds. The van der Waals surface area contributed by atoms with Crippen molar-refractivity contribution < 1.29 is 31.1 Å². The Balaban J connectivity index is 2.45. The minimum atomic E-state index is -4.99. The molecule has 0 aliphatic carbocycles. The molecule has 0 saturated heterocycles. The maximum absolute atomic E-state index is 14.0. The van der Waals surface area contributed by atoms with Gasteiger partial charge in [0.25, 0.3) is 0 Å². The number of para-hydroxylation sites is 1. The van der Waals surface area contributed by atoms with E-state index in [0.717, 1.165) is 18.2 Å². The highest BCUT2D eigenvalue weighted by Gasteiger charge is 2.33. The monoisotopic (exact) mass is 401 g/mol. The molecule has 0 heterocycles. The molecule has 0 atom stereocenters. The van der Waals surface area contributed by atoms with Crippen molar-refractivity contribution in [1.82, 2.24) is 0 Å². The molecule has 28 heavy (non-hydrogen) atoms. The molecule has 12 heteroatoms. The molecule has 0 spiro atoms. The average Bonchev–Trinajstić information content (AvgIpc) is 2.59. The molecular weight excluding hydrogens is 392 g/mol. The van der Waals surface area contributed by atoms with Gasteiger partial charge in [-0.15, -0.1) is 0 Å². The van der Waals surface area contributed by atoms with E-state index < -0.39 is 57.9 Å². The summed E-state index contributed by atoms with van der Waals surface area (Å²) in [6, 6.07) is 4.53. The van der Waals surface area contributed by atoms with Gasteiger partial charge in [-0.25, -0.2) is 13.2 Å². The first kappa shape index (κ1) is 20.6. The minimum Gasteiger partial charge on any atom is -0.449 e. The highest BCUT2D eigenvalue weighted by atomic mass is 19.4. The van der Waals surface area contributed by atoms with Gasteiger partial charge in [-0.1, -0.05) is 6.07 Å². The molecule has 0 aromatic heterocycles. The minimum absolute atomic E-state index is 0.0203. The Labute approximate surface area is 153 Å². The van der Waals surface area contributed by atoms with Crippen LogP contribution in [0.5, 0.6) is 11.5 Å². The number of nitrogens with one attached hydrogen (secondary N) is 2. The number of halogens is 6. The van der Waals surface area contributed by atoms with Crippen LogP contribution in [0.2, 0.25) is 0 Å². The van der Waals surface area contributed by atoms with Crippen LogP contribution in [-0.4, -0.2) is 11.5 Å². The van der Waals surface area contributed by atoms with Crippen molar-refractivity contribution in [1.29, 1.82) is 10.7 Å². The Morgan fingerprint density at radius 1 is 1.14 bits per heavy atom. The Bertz CT molecular complexity index is 973. The smallest absolute Gasteiger partial charge is 0.416 e. The number of nitriles is 1. The first-order valence-electron chi connectivity index (χ1n) is 7.15. The molecule has 6 nitrogen and oxygen atoms in total. The van der Waals surface area contributed by atoms with Gasteiger partial charge in [-0.2, -0.15) is 23.5 Å². The van der Waals surface area contributed by atoms with E-state index in [1.54, 1.807) is 0 Å². The molecule has 0 fully saturated rings. The lowest BCUT2D eigenvalue weighted by Crippen LogP contribution is -2.22. The fourth-order valence-electron chi connectivity index (χ4n) is 1.89. The number of hydrazone groups is 1. The van der Waals surface area contributed by atoms with Crippen molar-refractivity contribution in [3.63, 3.8) is 0 Å². The predicted molar refractivity (Wildman–Crippen MR) is 86.4 cm³/mol. The van der Waals surface area contributed by atoms with E-state index >= 15 is 0 Å². The lowest BCUT2D eigenvalue weighted by Gasteiger charge is -2.14. The SMILES string of the molecule is N#C/C(=N\Nc1c(F)cccc1Oc1c(F)cc(C(F)(F)F)cc1F)C(=N)N. The predicted octanol–water partition coefficient (Wildman–Crippen LogP) is 4.14. The number of hydrogen-bond donors (Lipinski definition) is 3. The van der Waals surface area contributed by atoms with E-state index in [-0.39, 0.29) is 12.1 Å². The summed E-state index contributed by atoms with van der Waals surface area (Å²) in [6.45, 7) is 0. The van der Waals surface area contributed by atoms with Crippen LogP contribution >= 0.6 is 0 Å². The van der Waals surface area contributed by atoms with Crippen LogP contribution in [0.15, 0.2) is 35.4 Å². The zero-order chi connectivity index (χ0) is 21.1. The van der Waals surface area contributed by atoms with Crippen LogP contribution in [0.1, 0.15) is 5.56 Å². The van der Waals surface area contributed by atoms with Crippen molar-refractivity contribution >= 4 is 17.2 Å². The Hall–Kier alpha value is -3.75. The standard InChI is InChI=1S/C16H9F6N5O/c17-8-2-1-3-12(13(8)27-26-11(6-23)15(24)25)28-14-9(18)4-7(5-10(14)19)16(20,21)22/h1-5,27H,(H3,24,25)/b26-11+. The number of nitrogens with zero attached hydrogens (tertiary/aromatic N) is 2. The third-order valence-electron chi connectivity index (χ3n) is 3.15. The maximum Gasteiger partial charge on any atom is 0.416 e. The van der Waals surface area contributed by atoms with Gasteiger partial charge in [0.2, 0.25) is 5.71 Å². The van der Waals surface area contributed by atoms with E-state index in [1.165, 1.54) is 6.07 Å². The molecular formula is C16H9F6N5O. The first-order valence-corrected chi connectivity index (χ1v) is 7.15. The van der Waals surface area contributed by atoms with Crippen molar-refractivity contribution in [3.05, 3.63) is 53.3 Å². The largest absolute Gasteiger partial charge is 0.449 e. The van der Waals surface area contributed by atoms with Crippen molar-refractivity contribution in [2.24, 2.45) is 10.8 Å². The average molecular weight is 401 g/mol. The highest BCUT2D eigenvalue weighted by molar-refractivity contribution is 6.45. The van der Waals surface area contributed by atoms with Crippen LogP contribution in [0.3, 0.4) is 0 Å². The van der Waals surface area contributed by atoms with E-state index in [4.69, 9.17) is 21.1 Å². The zero-order valence-electron chi connectivity index (χ0n) is 13.5. The number of ether oxygens (including phenoxy) is 1. The van der Waals surface area contributed by atoms with E-state index in [2.05, 4.69) is 5.10 Å². The van der Waals surface area contributed by atoms with Gasteiger partial charge in [0.15, 0.2) is 34.8 Å². The van der Waals surface area contributed by atoms with Crippen LogP contribution in [-0.2, 0) is 6.18 Å². The Kier molecular flexibility index (Phi) is 5.78. The lowest BCUT2D eigenvalue weighted by molar-refractivity contribution is -0.138. The van der Waals surface area contributed by atoms with Crippen molar-refractivity contribution in [2.75, 3.05) is 5.43 Å². The van der Waals surface area contributed by atoms with E-state index in [0.29, 0.717) is 0 Å². The van der Waals surface area contributed by atoms with Crippen LogP contribution in [0.4, 0.5) is 32.0 Å². The highest BCUT2D eigenvalue weighted by Crippen LogP contribution is 2.38. The van der Waals surface area contributed by atoms with Gasteiger partial charge in [-0.05, 0) is 24.3 Å². The summed E-state index contributed by atoms with van der Waals surface area (Å²) in [5.41, 5.74) is 4.30. The number of amidine groups is 1. The number of hydrogen-bond acceptors (Lipinski definition) is 5. The molecule has 4 N–H and O–H groups in total. The van der Waals surface area contributed by atoms with E-state index in [9.17, 15) is 26.3 Å². The molecule has 2 rings (SSSR count). The fraction of sp³-hybridized carbons (Fsp3) is 0.0625. The summed E-state index contributed by atoms with van der Waals surface area (Å²) in [5.74, 6) is -6.89. The normalized spacial score (nSPS) is 11.7. The first-order chi connectivity index (χ1) is 13.0. The summed E-state index contributed by atoms with van der Waals surface area (Å²) in [6.07, 6.45) is -4.99. The second kappa shape index (κ2) is 7.87. The number of rotatable bonds is 5. The van der Waals surface area contributed by atoms with Crippen molar-refractivity contribution in [3.8, 4) is 17.6 Å². The van der Waals surface area contributed by atoms with Gasteiger partial charge in [0, 0.05) is 0 Å². The second-order valence-electron chi connectivity index (χ2n) is 5.08. The molecule has 0 aliphatic rings. The topological polar surface area (TPSA) is 107 Å². The maximum atomic E-state index is 14.0. The molecule has 146 valence electrons.